The molecule has 0 aromatic carbocycles. The number of carbonyl (C=O) groups is 2. The van der Waals surface area contributed by atoms with Crippen LogP contribution < -0.4 is 11.1 Å². The lowest BCUT2D eigenvalue weighted by molar-refractivity contribution is -0.128. The number of nitrogens with one attached hydrogen (secondary N) is 1. The first-order chi connectivity index (χ1) is 38.7. The van der Waals surface area contributed by atoms with Crippen LogP contribution in [0, 0.1) is 37.0 Å². The number of aliphatic hydroxyl groups is 2. The van der Waals surface area contributed by atoms with Gasteiger partial charge < -0.3 is 26.2 Å². The van der Waals surface area contributed by atoms with Crippen LogP contribution in [0.3, 0.4) is 0 Å². The van der Waals surface area contributed by atoms with E-state index in [0.717, 1.165) is 60.7 Å². The van der Waals surface area contributed by atoms with Gasteiger partial charge in [0.2, 0.25) is 5.91 Å². The van der Waals surface area contributed by atoms with Crippen molar-refractivity contribution in [3.8, 4) is 24.1 Å². The number of aliphatic imine (C=N–C) groups is 2. The van der Waals surface area contributed by atoms with Crippen LogP contribution >= 0.6 is 0 Å². The van der Waals surface area contributed by atoms with Crippen molar-refractivity contribution in [3.05, 3.63) is 101 Å². The number of allylic oxidation sites excluding steroid dienone is 8. The number of aryl methyl sites for hydroxylation is 1. The third-order valence-electron chi connectivity index (χ3n) is 13.3. The number of alkyl halides is 3. The lowest BCUT2D eigenvalue weighted by Crippen LogP contribution is -2.47. The van der Waals surface area contributed by atoms with Crippen molar-refractivity contribution in [1.29, 1.82) is 0 Å². The first-order valence-electron chi connectivity index (χ1n) is 30.0. The molecule has 2 aromatic rings. The minimum Gasteiger partial charge on any atom is -0.390 e. The summed E-state index contributed by atoms with van der Waals surface area (Å²) in [4.78, 5) is 45.1. The van der Waals surface area contributed by atoms with E-state index in [2.05, 4.69) is 73.8 Å². The average Bonchev–Trinajstić information content (AvgIpc) is 1.97. The molecular weight excluding hydrogens is 1050 g/mol. The Morgan fingerprint density at radius 2 is 1.55 bits per heavy atom. The predicted molar refractivity (Wildman–Crippen MR) is 350 cm³/mol. The summed E-state index contributed by atoms with van der Waals surface area (Å²) in [5.41, 5.74) is 7.44. The Morgan fingerprint density at radius 3 is 2.02 bits per heavy atom. The third kappa shape index (κ3) is 30.2. The number of pyridine rings is 2. The molecule has 11 nitrogen and oxygen atoms in total. The van der Waals surface area contributed by atoms with Gasteiger partial charge in [-0.15, -0.1) is 12.8 Å². The number of carbonyl (C=O) groups excluding carboxylic acids is 2. The maximum Gasteiger partial charge on any atom is 0.432 e. The molecule has 0 aliphatic heterocycles. The number of nitrogen functional groups attached to an aromatic ring is 1. The molecule has 0 saturated heterocycles. The molecule has 4 radical (unpaired) electrons. The van der Waals surface area contributed by atoms with Gasteiger partial charge in [-0.3, -0.25) is 24.6 Å². The number of halogens is 3. The van der Waals surface area contributed by atoms with E-state index in [-0.39, 0.29) is 29.6 Å². The molecule has 5 N–H and O–H groups in total. The van der Waals surface area contributed by atoms with Crippen molar-refractivity contribution in [2.24, 2.45) is 27.2 Å². The molecule has 1 fully saturated rings. The van der Waals surface area contributed by atoms with Gasteiger partial charge in [-0.25, -0.2) is 4.98 Å². The summed E-state index contributed by atoms with van der Waals surface area (Å²) in [5, 5.41) is 22.8. The van der Waals surface area contributed by atoms with Crippen LogP contribution in [0.4, 0.5) is 19.0 Å². The first kappa shape index (κ1) is 81.7. The molecule has 3 rings (SSSR count). The van der Waals surface area contributed by atoms with E-state index < -0.39 is 40.5 Å². The van der Waals surface area contributed by atoms with E-state index in [9.17, 15) is 33.0 Å². The summed E-state index contributed by atoms with van der Waals surface area (Å²) in [6.45, 7) is 39.0. The SMILES string of the molecule is C#C.CC.CC.CCC.CCCC1(C(=O)C(C)CC)CC1c1ccc(-c2cnc(N)c(C=NCC)c2)nc1C.[B]C([B])(O)N(C)/C=C(\C=C\CC)CC(C)C(=O)NC(C)(C)CC(CC)N=C(/C=C(C)/C(/C=C\CC(C)(C)O)=C/C)C(F)(F)F. The minimum absolute atomic E-state index is 0.123. The number of nitrogens with zero attached hydrogens (tertiary/aromatic N) is 5. The summed E-state index contributed by atoms with van der Waals surface area (Å²) in [6.07, 6.45) is 25.4. The van der Waals surface area contributed by atoms with Gasteiger partial charge in [-0.05, 0) is 153 Å². The number of anilines is 1. The fraction of sp³-hybridized carbons (Fsp3) is 0.612. The van der Waals surface area contributed by atoms with Gasteiger partial charge in [0.1, 0.15) is 33.0 Å². The van der Waals surface area contributed by atoms with Crippen molar-refractivity contribution in [2.75, 3.05) is 19.3 Å². The quantitative estimate of drug-likeness (QED) is 0.0237. The van der Waals surface area contributed by atoms with E-state index in [0.29, 0.717) is 54.1 Å². The van der Waals surface area contributed by atoms with Crippen molar-refractivity contribution in [3.63, 3.8) is 0 Å². The predicted octanol–water partition coefficient (Wildman–Crippen LogP) is 15.5. The molecule has 1 saturated carbocycles. The standard InChI is InChI=1S/C33H52B2F3N3O3.C25H34N4O.C3H8.2C2H6.C2H2/c1-11-14-16-25(22-41(10)33(34,35)44)19-24(5)29(42)40-30(6,7)21-27(13-3)39-28(32(36,37)38)20-23(4)26(12-2)17-15-18-31(8,9)43;1-6-11-25(23(30)16(4)7-2)13-21(25)20-9-10-22(29-17(20)5)18-12-19(14-27-8-3)24(26)28-15-18;1-3-2;3*1-2/h12,14-17,20,22,24,27,43-44H,11,13,18-19,21H2,1-10H3,(H,40,42);9-10,12,14-16,21H,6-8,11,13H2,1-5H3,(H2,26,28);3H2,1-2H3;2*1-2H3;1-2H/b16-14+,17-15-,23-20+,25-22+,26-12+,39-28?;;;;;. The fourth-order valence-electron chi connectivity index (χ4n) is 8.75. The molecule has 5 unspecified atom stereocenters. The largest absolute Gasteiger partial charge is 0.432 e. The molecule has 83 heavy (non-hydrogen) atoms. The zero-order valence-electron chi connectivity index (χ0n) is 55.0. The van der Waals surface area contributed by atoms with Crippen LogP contribution in [0.25, 0.3) is 11.3 Å². The molecular formula is C67H108B2F3N7O4. The van der Waals surface area contributed by atoms with Gasteiger partial charge in [0.15, 0.2) is 0 Å². The number of hydrogen-bond donors (Lipinski definition) is 4. The van der Waals surface area contributed by atoms with Gasteiger partial charge in [0, 0.05) is 77.3 Å². The van der Waals surface area contributed by atoms with Gasteiger partial charge in [-0.2, -0.15) is 13.2 Å². The topological polar surface area (TPSA) is 166 Å². The Balaban J connectivity index is -0.00000141. The third-order valence-corrected chi connectivity index (χ3v) is 13.3. The fourth-order valence-corrected chi connectivity index (χ4v) is 8.75. The van der Waals surface area contributed by atoms with Crippen molar-refractivity contribution < 1.29 is 33.0 Å². The summed E-state index contributed by atoms with van der Waals surface area (Å²) >= 11 is 0. The lowest BCUT2D eigenvalue weighted by Gasteiger charge is -2.32. The van der Waals surface area contributed by atoms with Gasteiger partial charge in [0.05, 0.1) is 17.3 Å². The first-order valence-corrected chi connectivity index (χ1v) is 30.0. The Labute approximate surface area is 504 Å². The summed E-state index contributed by atoms with van der Waals surface area (Å²) in [7, 11) is 12.6. The van der Waals surface area contributed by atoms with E-state index in [4.69, 9.17) is 26.4 Å². The molecule has 16 heteroatoms. The number of terminal acetylenes is 1. The number of hydrogen-bond acceptors (Lipinski definition) is 10. The Kier molecular flexibility index (Phi) is 40.1. The maximum absolute atomic E-state index is 14.1. The van der Waals surface area contributed by atoms with E-state index in [1.807, 2.05) is 72.8 Å². The number of ketones is 1. The number of amides is 1. The van der Waals surface area contributed by atoms with Gasteiger partial charge in [0.25, 0.3) is 0 Å². The summed E-state index contributed by atoms with van der Waals surface area (Å²) in [6, 6.07) is 5.47. The van der Waals surface area contributed by atoms with Gasteiger partial charge in [-0.1, -0.05) is 132 Å². The van der Waals surface area contributed by atoms with E-state index in [1.54, 1.807) is 92.2 Å². The second-order valence-electron chi connectivity index (χ2n) is 21.9. The monoisotopic (exact) mass is 1150 g/mol. The maximum atomic E-state index is 14.1. The van der Waals surface area contributed by atoms with Crippen LogP contribution in [-0.2, 0) is 9.59 Å². The number of nitrogens with two attached hydrogens (primary N) is 1. The molecule has 2 heterocycles. The second kappa shape index (κ2) is 40.7. The van der Waals surface area contributed by atoms with Crippen LogP contribution in [0.15, 0.2) is 93.8 Å². The molecule has 2 aromatic heterocycles. The summed E-state index contributed by atoms with van der Waals surface area (Å²) in [5.74, 6) is 0.543. The van der Waals surface area contributed by atoms with Crippen LogP contribution in [0.5, 0.6) is 0 Å². The zero-order chi connectivity index (χ0) is 65.1. The van der Waals surface area contributed by atoms with Crippen LogP contribution in [0.2, 0.25) is 0 Å². The minimum atomic E-state index is -4.67. The highest BCUT2D eigenvalue weighted by atomic mass is 19.4. The Hall–Kier alpha value is -5.52. The van der Waals surface area contributed by atoms with Gasteiger partial charge >= 0.3 is 6.18 Å². The molecule has 1 aliphatic carbocycles. The Bertz CT molecular complexity index is 2460. The highest BCUT2D eigenvalue weighted by molar-refractivity contribution is 6.38. The normalized spacial score (nSPS) is 17.0. The Morgan fingerprint density at radius 1 is 0.964 bits per heavy atom. The van der Waals surface area contributed by atoms with Crippen LogP contribution in [0.1, 0.15) is 218 Å². The highest BCUT2D eigenvalue weighted by Gasteiger charge is 2.60. The van der Waals surface area contributed by atoms with E-state index >= 15 is 0 Å². The molecule has 1 amide bonds. The number of rotatable bonds is 26. The van der Waals surface area contributed by atoms with E-state index in [1.165, 1.54) is 23.9 Å². The molecule has 462 valence electrons. The second-order valence-corrected chi connectivity index (χ2v) is 21.9. The molecule has 0 bridgehead atoms. The molecule has 5 atom stereocenters. The van der Waals surface area contributed by atoms with Crippen molar-refractivity contribution in [2.45, 2.75) is 237 Å². The number of Topliss-reactive ketones (excluding diaryl/α,β-unsaturated/α-hetero) is 1. The smallest absolute Gasteiger partial charge is 0.390 e. The van der Waals surface area contributed by atoms with Crippen molar-refractivity contribution >= 4 is 45.1 Å². The highest BCUT2D eigenvalue weighted by Crippen LogP contribution is 2.64. The lowest BCUT2D eigenvalue weighted by atomic mass is 9.72. The zero-order valence-corrected chi connectivity index (χ0v) is 55.0. The molecule has 1 aliphatic rings. The average molecular weight is 1150 g/mol. The van der Waals surface area contributed by atoms with Crippen LogP contribution in [-0.4, -0.2) is 107 Å². The summed E-state index contributed by atoms with van der Waals surface area (Å²) < 4.78 is 42.3. The number of aromatic nitrogens is 2. The van der Waals surface area contributed by atoms with Crippen molar-refractivity contribution in [1.82, 2.24) is 20.2 Å². The molecule has 0 spiro atoms.